The number of rotatable bonds is 5. The Kier molecular flexibility index (Phi) is 5.26. The fraction of sp³-hybridized carbons (Fsp3) is 0.500. The van der Waals surface area contributed by atoms with Crippen LogP contribution in [-0.2, 0) is 11.3 Å². The minimum atomic E-state index is -0.668. The lowest BCUT2D eigenvalue weighted by Gasteiger charge is -2.34. The lowest BCUT2D eigenvalue weighted by Crippen LogP contribution is -2.41. The number of halogens is 2. The van der Waals surface area contributed by atoms with E-state index < -0.39 is 11.6 Å². The van der Waals surface area contributed by atoms with E-state index in [0.29, 0.717) is 25.0 Å². The molecule has 6 heteroatoms. The molecule has 0 spiro atoms. The van der Waals surface area contributed by atoms with Crippen molar-refractivity contribution in [1.82, 2.24) is 9.88 Å². The minimum Gasteiger partial charge on any atom is -0.441 e. The highest BCUT2D eigenvalue weighted by atomic mass is 19.1. The normalized spacial score (nSPS) is 18.9. The third kappa shape index (κ3) is 3.65. The lowest BCUT2D eigenvalue weighted by molar-refractivity contribution is 0.0590. The van der Waals surface area contributed by atoms with Crippen LogP contribution in [0, 0.1) is 18.6 Å². The molecular formula is C18H22F2N2O2. The molecule has 24 heavy (non-hydrogen) atoms. The highest BCUT2D eigenvalue weighted by Crippen LogP contribution is 2.27. The SMILES string of the molecule is COCC1CCCCN1Cc1nc(-c2ccc(F)cc2F)oc1C. The smallest absolute Gasteiger partial charge is 0.229 e. The van der Waals surface area contributed by atoms with Gasteiger partial charge in [0.15, 0.2) is 0 Å². The zero-order valence-corrected chi connectivity index (χ0v) is 14.0. The van der Waals surface area contributed by atoms with Crippen LogP contribution >= 0.6 is 0 Å². The molecule has 1 aliphatic rings. The number of piperidine rings is 1. The van der Waals surface area contributed by atoms with Crippen molar-refractivity contribution in [2.24, 2.45) is 0 Å². The van der Waals surface area contributed by atoms with Crippen LogP contribution in [-0.4, -0.2) is 36.2 Å². The zero-order chi connectivity index (χ0) is 17.1. The van der Waals surface area contributed by atoms with Crippen LogP contribution in [0.25, 0.3) is 11.5 Å². The molecule has 1 aliphatic heterocycles. The standard InChI is InChI=1S/C18H22F2N2O2/c1-12-17(10-22-8-4-3-5-14(22)11-23-2)21-18(24-12)15-7-6-13(19)9-16(15)20/h6-7,9,14H,3-5,8,10-11H2,1-2H3. The van der Waals surface area contributed by atoms with E-state index >= 15 is 0 Å². The first-order chi connectivity index (χ1) is 11.6. The number of benzene rings is 1. The zero-order valence-electron chi connectivity index (χ0n) is 14.0. The monoisotopic (exact) mass is 336 g/mol. The average molecular weight is 336 g/mol. The molecule has 4 nitrogen and oxygen atoms in total. The second-order valence-electron chi connectivity index (χ2n) is 6.22. The van der Waals surface area contributed by atoms with E-state index in [4.69, 9.17) is 9.15 Å². The molecule has 2 aromatic rings. The van der Waals surface area contributed by atoms with Gasteiger partial charge in [-0.3, -0.25) is 4.90 Å². The predicted molar refractivity (Wildman–Crippen MR) is 86.5 cm³/mol. The summed E-state index contributed by atoms with van der Waals surface area (Å²) >= 11 is 0. The molecule has 2 heterocycles. The van der Waals surface area contributed by atoms with Crippen LogP contribution < -0.4 is 0 Å². The second-order valence-corrected chi connectivity index (χ2v) is 6.22. The van der Waals surface area contributed by atoms with Crippen molar-refractivity contribution in [3.8, 4) is 11.5 Å². The molecule has 1 fully saturated rings. The molecule has 1 saturated heterocycles. The van der Waals surface area contributed by atoms with Crippen molar-refractivity contribution >= 4 is 0 Å². The number of likely N-dealkylation sites (tertiary alicyclic amines) is 1. The Morgan fingerprint density at radius 1 is 1.33 bits per heavy atom. The van der Waals surface area contributed by atoms with Gasteiger partial charge in [-0.1, -0.05) is 6.42 Å². The summed E-state index contributed by atoms with van der Waals surface area (Å²) in [5.41, 5.74) is 0.967. The van der Waals surface area contributed by atoms with Crippen molar-refractivity contribution < 1.29 is 17.9 Å². The van der Waals surface area contributed by atoms with Crippen molar-refractivity contribution in [3.63, 3.8) is 0 Å². The van der Waals surface area contributed by atoms with Gasteiger partial charge in [0.2, 0.25) is 5.89 Å². The topological polar surface area (TPSA) is 38.5 Å². The molecule has 1 aromatic heterocycles. The molecule has 1 unspecified atom stereocenters. The Hall–Kier alpha value is -1.79. The largest absolute Gasteiger partial charge is 0.441 e. The first-order valence-electron chi connectivity index (χ1n) is 8.23. The highest BCUT2D eigenvalue weighted by Gasteiger charge is 2.25. The Balaban J connectivity index is 1.81. The number of hydrogen-bond donors (Lipinski definition) is 0. The minimum absolute atomic E-state index is 0.179. The Bertz CT molecular complexity index is 700. The number of hydrogen-bond acceptors (Lipinski definition) is 4. The van der Waals surface area contributed by atoms with Crippen molar-refractivity contribution in [3.05, 3.63) is 41.3 Å². The molecule has 0 amide bonds. The van der Waals surface area contributed by atoms with Gasteiger partial charge in [-0.25, -0.2) is 13.8 Å². The summed E-state index contributed by atoms with van der Waals surface area (Å²) in [5.74, 6) is -0.427. The number of ether oxygens (including phenoxy) is 1. The van der Waals surface area contributed by atoms with Gasteiger partial charge in [0.05, 0.1) is 17.9 Å². The van der Waals surface area contributed by atoms with Crippen LogP contribution in [0.5, 0.6) is 0 Å². The maximum atomic E-state index is 13.9. The summed E-state index contributed by atoms with van der Waals surface area (Å²) in [5, 5.41) is 0. The fourth-order valence-corrected chi connectivity index (χ4v) is 3.19. The molecular weight excluding hydrogens is 314 g/mol. The van der Waals surface area contributed by atoms with Gasteiger partial charge < -0.3 is 9.15 Å². The molecule has 0 aliphatic carbocycles. The summed E-state index contributed by atoms with van der Waals surface area (Å²) in [6.45, 7) is 4.14. The van der Waals surface area contributed by atoms with Crippen LogP contribution in [0.3, 0.4) is 0 Å². The van der Waals surface area contributed by atoms with Crippen LogP contribution in [0.1, 0.15) is 30.7 Å². The third-order valence-corrected chi connectivity index (χ3v) is 4.52. The Labute approximate surface area is 140 Å². The van der Waals surface area contributed by atoms with Gasteiger partial charge in [0.25, 0.3) is 0 Å². The average Bonchev–Trinajstić information content (AvgIpc) is 2.90. The van der Waals surface area contributed by atoms with E-state index in [0.717, 1.165) is 31.1 Å². The first kappa shape index (κ1) is 17.0. The summed E-state index contributed by atoms with van der Waals surface area (Å²) in [7, 11) is 1.71. The number of nitrogens with zero attached hydrogens (tertiary/aromatic N) is 2. The van der Waals surface area contributed by atoms with E-state index in [9.17, 15) is 8.78 Å². The van der Waals surface area contributed by atoms with Gasteiger partial charge in [-0.2, -0.15) is 0 Å². The van der Waals surface area contributed by atoms with Gasteiger partial charge in [-0.05, 0) is 38.4 Å². The molecule has 3 rings (SSSR count). The Morgan fingerprint density at radius 2 is 2.17 bits per heavy atom. The Morgan fingerprint density at radius 3 is 2.92 bits per heavy atom. The third-order valence-electron chi connectivity index (χ3n) is 4.52. The molecule has 0 N–H and O–H groups in total. The van der Waals surface area contributed by atoms with Crippen LogP contribution in [0.4, 0.5) is 8.78 Å². The molecule has 130 valence electrons. The summed E-state index contributed by atoms with van der Waals surface area (Å²) < 4.78 is 37.9. The molecule has 0 saturated carbocycles. The predicted octanol–water partition coefficient (Wildman–Crippen LogP) is 3.93. The van der Waals surface area contributed by atoms with Crippen molar-refractivity contribution in [2.75, 3.05) is 20.3 Å². The summed E-state index contributed by atoms with van der Waals surface area (Å²) in [6, 6.07) is 3.77. The van der Waals surface area contributed by atoms with E-state index in [1.165, 1.54) is 18.6 Å². The number of aromatic nitrogens is 1. The van der Waals surface area contributed by atoms with Crippen LogP contribution in [0.15, 0.2) is 22.6 Å². The molecule has 0 bridgehead atoms. The quantitative estimate of drug-likeness (QED) is 0.829. The van der Waals surface area contributed by atoms with Crippen molar-refractivity contribution in [2.45, 2.75) is 38.8 Å². The highest BCUT2D eigenvalue weighted by molar-refractivity contribution is 5.54. The van der Waals surface area contributed by atoms with Crippen molar-refractivity contribution in [1.29, 1.82) is 0 Å². The van der Waals surface area contributed by atoms with Gasteiger partial charge >= 0.3 is 0 Å². The maximum Gasteiger partial charge on any atom is 0.229 e. The lowest BCUT2D eigenvalue weighted by atomic mass is 10.0. The second kappa shape index (κ2) is 7.40. The van der Waals surface area contributed by atoms with E-state index in [-0.39, 0.29) is 11.5 Å². The number of oxazole rings is 1. The first-order valence-corrected chi connectivity index (χ1v) is 8.23. The van der Waals surface area contributed by atoms with E-state index in [1.54, 1.807) is 7.11 Å². The fourth-order valence-electron chi connectivity index (χ4n) is 3.19. The van der Waals surface area contributed by atoms with Gasteiger partial charge in [0.1, 0.15) is 17.4 Å². The molecule has 1 aromatic carbocycles. The maximum absolute atomic E-state index is 13.9. The molecule has 1 atom stereocenters. The van der Waals surface area contributed by atoms with Crippen LogP contribution in [0.2, 0.25) is 0 Å². The van der Waals surface area contributed by atoms with E-state index in [1.807, 2.05) is 6.92 Å². The summed E-state index contributed by atoms with van der Waals surface area (Å²) in [4.78, 5) is 6.78. The molecule has 0 radical (unpaired) electrons. The number of aryl methyl sites for hydroxylation is 1. The van der Waals surface area contributed by atoms with Gasteiger partial charge in [0, 0.05) is 25.8 Å². The van der Waals surface area contributed by atoms with E-state index in [2.05, 4.69) is 9.88 Å². The summed E-state index contributed by atoms with van der Waals surface area (Å²) in [6.07, 6.45) is 3.45. The number of methoxy groups -OCH3 is 1. The van der Waals surface area contributed by atoms with Gasteiger partial charge in [-0.15, -0.1) is 0 Å².